The van der Waals surface area contributed by atoms with E-state index in [1.807, 2.05) is 0 Å². The molecule has 1 amide bonds. The lowest BCUT2D eigenvalue weighted by atomic mass is 9.63. The molecule has 33 heavy (non-hydrogen) atoms. The summed E-state index contributed by atoms with van der Waals surface area (Å²) in [5.41, 5.74) is 7.63. The maximum absolute atomic E-state index is 12.0. The van der Waals surface area contributed by atoms with Crippen molar-refractivity contribution in [1.29, 1.82) is 5.41 Å². The van der Waals surface area contributed by atoms with Crippen LogP contribution in [0.25, 0.3) is 0 Å². The minimum Gasteiger partial charge on any atom is -0.365 e. The maximum atomic E-state index is 12.0. The van der Waals surface area contributed by atoms with Gasteiger partial charge in [-0.3, -0.25) is 14.4 Å². The molecule has 3 fully saturated rings. The highest BCUT2D eigenvalue weighted by Gasteiger charge is 2.49. The van der Waals surface area contributed by atoms with Crippen molar-refractivity contribution in [3.63, 3.8) is 0 Å². The first kappa shape index (κ1) is 22.1. The van der Waals surface area contributed by atoms with Gasteiger partial charge in [0.25, 0.3) is 5.91 Å². The van der Waals surface area contributed by atoms with E-state index in [-0.39, 0.29) is 16.5 Å². The molecule has 2 heterocycles. The van der Waals surface area contributed by atoms with Crippen molar-refractivity contribution in [3.05, 3.63) is 36.0 Å². The van der Waals surface area contributed by atoms with Crippen molar-refractivity contribution in [2.75, 3.05) is 24.7 Å². The average Bonchev–Trinajstić information content (AvgIpc) is 3.09. The first-order valence-corrected chi connectivity index (χ1v) is 13.3. The third kappa shape index (κ3) is 4.17. The van der Waals surface area contributed by atoms with Crippen molar-refractivity contribution >= 4 is 33.0 Å². The van der Waals surface area contributed by atoms with Crippen LogP contribution in [0.1, 0.15) is 54.9 Å². The Morgan fingerprint density at radius 2 is 1.91 bits per heavy atom. The molecule has 0 radical (unpaired) electrons. The zero-order valence-corrected chi connectivity index (χ0v) is 19.6. The number of sulfone groups is 1. The summed E-state index contributed by atoms with van der Waals surface area (Å²) in [4.78, 5) is 14.8. The number of rotatable bonds is 6. The number of likely N-dealkylation sites (tertiary alicyclic amines) is 1. The smallest absolute Gasteiger partial charge is 0.254 e. The summed E-state index contributed by atoms with van der Waals surface area (Å²) >= 11 is 0. The Morgan fingerprint density at radius 3 is 2.45 bits per heavy atom. The summed E-state index contributed by atoms with van der Waals surface area (Å²) in [6, 6.07) is 6.47. The van der Waals surface area contributed by atoms with Crippen LogP contribution >= 0.6 is 0 Å². The van der Waals surface area contributed by atoms with Crippen LogP contribution in [0.3, 0.4) is 0 Å². The number of hydrogen-bond acceptors (Lipinski definition) is 7. The monoisotopic (exact) mass is 470 g/mol. The Bertz CT molecular complexity index is 1190. The van der Waals surface area contributed by atoms with Crippen molar-refractivity contribution < 1.29 is 13.2 Å². The van der Waals surface area contributed by atoms with E-state index in [0.29, 0.717) is 28.7 Å². The topological polar surface area (TPSA) is 134 Å². The predicted octanol–water partition coefficient (Wildman–Crippen LogP) is 2.73. The minimum absolute atomic E-state index is 0.193. The van der Waals surface area contributed by atoms with Gasteiger partial charge in [-0.2, -0.15) is 5.10 Å². The first-order chi connectivity index (χ1) is 15.6. The van der Waals surface area contributed by atoms with Crippen LogP contribution in [-0.2, 0) is 9.84 Å². The predicted molar refractivity (Wildman–Crippen MR) is 126 cm³/mol. The van der Waals surface area contributed by atoms with Crippen LogP contribution in [0.5, 0.6) is 0 Å². The van der Waals surface area contributed by atoms with Crippen molar-refractivity contribution in [1.82, 2.24) is 14.7 Å². The first-order valence-electron chi connectivity index (χ1n) is 11.4. The number of carbonyl (C=O) groups excluding carboxylic acids is 1. The zero-order chi connectivity index (χ0) is 23.4. The summed E-state index contributed by atoms with van der Waals surface area (Å²) in [5, 5.41) is 16.3. The van der Waals surface area contributed by atoms with Gasteiger partial charge in [0.15, 0.2) is 15.7 Å². The molecule has 2 aromatic rings. The molecule has 1 saturated heterocycles. The molecule has 176 valence electrons. The quantitative estimate of drug-likeness (QED) is 0.594. The van der Waals surface area contributed by atoms with Crippen LogP contribution in [0.2, 0.25) is 0 Å². The zero-order valence-electron chi connectivity index (χ0n) is 18.8. The van der Waals surface area contributed by atoms with Gasteiger partial charge in [-0.15, -0.1) is 0 Å². The number of carbonyl (C=O) groups is 1. The number of primary amides is 1. The standard InChI is InChI=1S/C23H30N6O3S/c1-33(31,32)17-6-3-15(4-7-17)26-22-18(21(25)30)12-29(27-22)20-8-5-16(11-19(20)24)28-13-23(14-28)9-2-10-23/h3-4,6-7,12,16,20,24H,2,5,8-11,13-14H2,1H3,(H2,25,30)(H,26,27)/t16-,20+/m1/s1. The Balaban J connectivity index is 1.29. The SMILES string of the molecule is CS(=O)(=O)c1ccc(Nc2nn([C@H]3CC[C@@H](N4CC5(CCC5)C4)CC3=N)cc2C(N)=O)cc1. The molecule has 1 aromatic carbocycles. The summed E-state index contributed by atoms with van der Waals surface area (Å²) in [6.45, 7) is 2.35. The Kier molecular flexibility index (Phi) is 5.32. The van der Waals surface area contributed by atoms with Crippen molar-refractivity contribution in [2.45, 2.75) is 55.5 Å². The Labute approximate surface area is 193 Å². The fourth-order valence-electron chi connectivity index (χ4n) is 5.43. The molecule has 0 bridgehead atoms. The normalized spacial score (nSPS) is 24.8. The molecule has 10 heteroatoms. The number of benzene rings is 1. The number of anilines is 2. The number of aromatic nitrogens is 2. The number of amides is 1. The number of nitrogens with one attached hydrogen (secondary N) is 2. The summed E-state index contributed by atoms with van der Waals surface area (Å²) in [5.74, 6) is -0.303. The molecule has 2 atom stereocenters. The van der Waals surface area contributed by atoms with Gasteiger partial charge in [-0.1, -0.05) is 6.42 Å². The number of nitrogens with two attached hydrogens (primary N) is 1. The highest BCUT2D eigenvalue weighted by molar-refractivity contribution is 7.90. The fraction of sp³-hybridized carbons (Fsp3) is 0.522. The van der Waals surface area contributed by atoms with Crippen LogP contribution in [0, 0.1) is 10.8 Å². The van der Waals surface area contributed by atoms with Gasteiger partial charge in [-0.25, -0.2) is 8.42 Å². The molecule has 1 aliphatic heterocycles. The third-order valence-electron chi connectivity index (χ3n) is 7.50. The molecule has 4 N–H and O–H groups in total. The van der Waals surface area contributed by atoms with Crippen LogP contribution < -0.4 is 11.1 Å². The molecule has 5 rings (SSSR count). The van der Waals surface area contributed by atoms with E-state index in [2.05, 4.69) is 15.3 Å². The van der Waals surface area contributed by atoms with E-state index >= 15 is 0 Å². The molecular weight excluding hydrogens is 440 g/mol. The molecule has 9 nitrogen and oxygen atoms in total. The van der Waals surface area contributed by atoms with Gasteiger partial charge in [0.1, 0.15) is 5.56 Å². The number of hydrogen-bond donors (Lipinski definition) is 3. The summed E-state index contributed by atoms with van der Waals surface area (Å²) in [7, 11) is -3.29. The molecule has 2 saturated carbocycles. The maximum Gasteiger partial charge on any atom is 0.254 e. The van der Waals surface area contributed by atoms with Gasteiger partial charge in [0.2, 0.25) is 0 Å². The highest BCUT2D eigenvalue weighted by atomic mass is 32.2. The lowest BCUT2D eigenvalue weighted by molar-refractivity contribution is -0.0852. The lowest BCUT2D eigenvalue weighted by Crippen LogP contribution is -2.63. The van der Waals surface area contributed by atoms with E-state index in [1.54, 1.807) is 23.0 Å². The summed E-state index contributed by atoms with van der Waals surface area (Å²) in [6.07, 6.45) is 9.36. The molecule has 1 aromatic heterocycles. The second-order valence-electron chi connectivity index (χ2n) is 9.89. The van der Waals surface area contributed by atoms with Gasteiger partial charge in [0, 0.05) is 49.4 Å². The number of nitrogens with zero attached hydrogens (tertiary/aromatic N) is 3. The second-order valence-corrected chi connectivity index (χ2v) is 11.9. The second kappa shape index (κ2) is 7.95. The lowest BCUT2D eigenvalue weighted by Gasteiger charge is -2.59. The van der Waals surface area contributed by atoms with Gasteiger partial charge < -0.3 is 16.5 Å². The Morgan fingerprint density at radius 1 is 1.21 bits per heavy atom. The van der Waals surface area contributed by atoms with E-state index in [4.69, 9.17) is 11.1 Å². The highest BCUT2D eigenvalue weighted by Crippen LogP contribution is 2.50. The van der Waals surface area contributed by atoms with E-state index < -0.39 is 15.7 Å². The van der Waals surface area contributed by atoms with Crippen molar-refractivity contribution in [2.24, 2.45) is 11.1 Å². The molecule has 2 aliphatic carbocycles. The molecular formula is C23H30N6O3S. The summed E-state index contributed by atoms with van der Waals surface area (Å²) < 4.78 is 25.0. The fourth-order valence-corrected chi connectivity index (χ4v) is 6.06. The van der Waals surface area contributed by atoms with E-state index in [9.17, 15) is 13.2 Å². The Hall–Kier alpha value is -2.72. The van der Waals surface area contributed by atoms with Crippen LogP contribution in [-0.4, -0.2) is 60.1 Å². The molecule has 0 unspecified atom stereocenters. The van der Waals surface area contributed by atoms with Crippen LogP contribution in [0.15, 0.2) is 35.4 Å². The average molecular weight is 471 g/mol. The van der Waals surface area contributed by atoms with Gasteiger partial charge in [-0.05, 0) is 55.4 Å². The molecule has 3 aliphatic rings. The van der Waals surface area contributed by atoms with E-state index in [1.165, 1.54) is 44.5 Å². The van der Waals surface area contributed by atoms with Crippen LogP contribution in [0.4, 0.5) is 11.5 Å². The third-order valence-corrected chi connectivity index (χ3v) is 8.63. The largest absolute Gasteiger partial charge is 0.365 e. The molecule has 1 spiro atoms. The van der Waals surface area contributed by atoms with Crippen molar-refractivity contribution in [3.8, 4) is 0 Å². The van der Waals surface area contributed by atoms with Gasteiger partial charge in [0.05, 0.1) is 10.9 Å². The van der Waals surface area contributed by atoms with E-state index in [0.717, 1.165) is 25.5 Å². The minimum atomic E-state index is -3.29. The van der Waals surface area contributed by atoms with Gasteiger partial charge >= 0.3 is 0 Å².